The highest BCUT2D eigenvalue weighted by atomic mass is 16.6. The molecule has 1 aliphatic rings. The van der Waals surface area contributed by atoms with E-state index in [9.17, 15) is 0 Å². The molecule has 0 saturated carbocycles. The Morgan fingerprint density at radius 1 is 1.47 bits per heavy atom. The minimum absolute atomic E-state index is 0.00864. The van der Waals surface area contributed by atoms with E-state index >= 15 is 0 Å². The molecule has 2 rings (SSSR count). The lowest BCUT2D eigenvalue weighted by Crippen LogP contribution is -2.24. The first kappa shape index (κ1) is 14.4. The molecule has 3 nitrogen and oxygen atoms in total. The highest BCUT2D eigenvalue weighted by molar-refractivity contribution is 5.38. The van der Waals surface area contributed by atoms with Gasteiger partial charge in [0.2, 0.25) is 0 Å². The Morgan fingerprint density at radius 3 is 2.79 bits per heavy atom. The number of benzene rings is 1. The van der Waals surface area contributed by atoms with Gasteiger partial charge in [0.15, 0.2) is 0 Å². The summed E-state index contributed by atoms with van der Waals surface area (Å²) in [5.41, 5.74) is 8.26. The molecule has 0 bridgehead atoms. The van der Waals surface area contributed by atoms with Gasteiger partial charge in [0.25, 0.3) is 0 Å². The standard InChI is InChI=1S/C16H25NO2/c1-11-5-6-15(14(9-11)12(2)17)18-10-13-7-8-16(3,4)19-13/h5-6,9,12-13H,7-8,10,17H2,1-4H3/t12-,13?/m0/s1. The Balaban J connectivity index is 2.00. The van der Waals surface area contributed by atoms with Crippen molar-refractivity contribution in [2.45, 2.75) is 58.3 Å². The summed E-state index contributed by atoms with van der Waals surface area (Å²) in [6, 6.07) is 6.14. The summed E-state index contributed by atoms with van der Waals surface area (Å²) in [5.74, 6) is 0.883. The Kier molecular flexibility index (Phi) is 4.16. The zero-order valence-corrected chi connectivity index (χ0v) is 12.4. The van der Waals surface area contributed by atoms with Crippen molar-refractivity contribution in [3.63, 3.8) is 0 Å². The number of hydrogen-bond donors (Lipinski definition) is 1. The Hall–Kier alpha value is -1.06. The van der Waals surface area contributed by atoms with Crippen LogP contribution in [-0.4, -0.2) is 18.3 Å². The van der Waals surface area contributed by atoms with E-state index in [-0.39, 0.29) is 17.7 Å². The van der Waals surface area contributed by atoms with Crippen LogP contribution in [-0.2, 0) is 4.74 Å². The van der Waals surface area contributed by atoms with Crippen LogP contribution in [0.3, 0.4) is 0 Å². The third-order valence-corrected chi connectivity index (χ3v) is 3.63. The predicted molar refractivity (Wildman–Crippen MR) is 77.5 cm³/mol. The molecule has 19 heavy (non-hydrogen) atoms. The van der Waals surface area contributed by atoms with E-state index in [1.165, 1.54) is 5.56 Å². The lowest BCUT2D eigenvalue weighted by molar-refractivity contribution is -0.0327. The molecule has 1 aromatic rings. The normalized spacial score (nSPS) is 23.3. The van der Waals surface area contributed by atoms with Crippen molar-refractivity contribution >= 4 is 0 Å². The number of ether oxygens (including phenoxy) is 2. The summed E-state index contributed by atoms with van der Waals surface area (Å²) in [7, 11) is 0. The molecule has 1 fully saturated rings. The van der Waals surface area contributed by atoms with Crippen molar-refractivity contribution in [2.75, 3.05) is 6.61 Å². The lowest BCUT2D eigenvalue weighted by atomic mass is 10.0. The number of nitrogens with two attached hydrogens (primary N) is 1. The summed E-state index contributed by atoms with van der Waals surface area (Å²) in [6.07, 6.45) is 2.35. The maximum absolute atomic E-state index is 6.00. The maximum Gasteiger partial charge on any atom is 0.124 e. The first-order valence-electron chi connectivity index (χ1n) is 7.04. The van der Waals surface area contributed by atoms with Crippen LogP contribution in [0, 0.1) is 6.92 Å². The summed E-state index contributed by atoms with van der Waals surface area (Å²) in [4.78, 5) is 0. The third-order valence-electron chi connectivity index (χ3n) is 3.63. The minimum Gasteiger partial charge on any atom is -0.491 e. The fourth-order valence-electron chi connectivity index (χ4n) is 2.53. The molecule has 2 N–H and O–H groups in total. The molecule has 2 atom stereocenters. The summed E-state index contributed by atoms with van der Waals surface area (Å²) in [5, 5.41) is 0. The van der Waals surface area contributed by atoms with Crippen LogP contribution in [0.15, 0.2) is 18.2 Å². The zero-order valence-electron chi connectivity index (χ0n) is 12.4. The highest BCUT2D eigenvalue weighted by Crippen LogP contribution is 2.31. The van der Waals surface area contributed by atoms with Gasteiger partial charge < -0.3 is 15.2 Å². The van der Waals surface area contributed by atoms with Crippen LogP contribution < -0.4 is 10.5 Å². The van der Waals surface area contributed by atoms with Gasteiger partial charge >= 0.3 is 0 Å². The van der Waals surface area contributed by atoms with Crippen molar-refractivity contribution in [3.05, 3.63) is 29.3 Å². The molecule has 0 radical (unpaired) electrons. The van der Waals surface area contributed by atoms with Crippen LogP contribution >= 0.6 is 0 Å². The average molecular weight is 263 g/mol. The van der Waals surface area contributed by atoms with Gasteiger partial charge in [-0.05, 0) is 46.6 Å². The van der Waals surface area contributed by atoms with Crippen molar-refractivity contribution in [1.29, 1.82) is 0 Å². The highest BCUT2D eigenvalue weighted by Gasteiger charge is 2.32. The minimum atomic E-state index is -0.0177. The summed E-state index contributed by atoms with van der Waals surface area (Å²) < 4.78 is 11.9. The molecule has 3 heteroatoms. The quantitative estimate of drug-likeness (QED) is 0.906. The summed E-state index contributed by atoms with van der Waals surface area (Å²) >= 11 is 0. The molecular weight excluding hydrogens is 238 g/mol. The second-order valence-corrected chi connectivity index (χ2v) is 6.18. The first-order valence-corrected chi connectivity index (χ1v) is 7.04. The van der Waals surface area contributed by atoms with Crippen molar-refractivity contribution in [3.8, 4) is 5.75 Å². The van der Waals surface area contributed by atoms with Gasteiger partial charge in [-0.1, -0.05) is 17.7 Å². The van der Waals surface area contributed by atoms with E-state index in [4.69, 9.17) is 15.2 Å². The second-order valence-electron chi connectivity index (χ2n) is 6.18. The van der Waals surface area contributed by atoms with E-state index in [0.29, 0.717) is 6.61 Å². The monoisotopic (exact) mass is 263 g/mol. The van der Waals surface area contributed by atoms with Gasteiger partial charge in [-0.3, -0.25) is 0 Å². The number of hydrogen-bond acceptors (Lipinski definition) is 3. The number of rotatable bonds is 4. The van der Waals surface area contributed by atoms with E-state index in [0.717, 1.165) is 24.2 Å². The molecule has 0 aliphatic carbocycles. The van der Waals surface area contributed by atoms with Gasteiger partial charge in [0.05, 0.1) is 11.7 Å². The topological polar surface area (TPSA) is 44.5 Å². The molecule has 0 spiro atoms. The predicted octanol–water partition coefficient (Wildman–Crippen LogP) is 3.35. The Morgan fingerprint density at radius 2 is 2.21 bits per heavy atom. The fraction of sp³-hybridized carbons (Fsp3) is 0.625. The second kappa shape index (κ2) is 5.51. The molecule has 1 aliphatic heterocycles. The largest absolute Gasteiger partial charge is 0.491 e. The van der Waals surface area contributed by atoms with E-state index in [1.54, 1.807) is 0 Å². The molecule has 1 saturated heterocycles. The first-order chi connectivity index (χ1) is 8.87. The fourth-order valence-corrected chi connectivity index (χ4v) is 2.53. The van der Waals surface area contributed by atoms with Gasteiger partial charge in [0.1, 0.15) is 12.4 Å². The molecule has 1 heterocycles. The van der Waals surface area contributed by atoms with Crippen molar-refractivity contribution < 1.29 is 9.47 Å². The average Bonchev–Trinajstić information content (AvgIpc) is 2.67. The van der Waals surface area contributed by atoms with Crippen molar-refractivity contribution in [2.24, 2.45) is 5.73 Å². The third kappa shape index (κ3) is 3.71. The van der Waals surface area contributed by atoms with E-state index in [2.05, 4.69) is 32.9 Å². The molecule has 106 valence electrons. The van der Waals surface area contributed by atoms with Gasteiger partial charge in [-0.25, -0.2) is 0 Å². The van der Waals surface area contributed by atoms with E-state index < -0.39 is 0 Å². The van der Waals surface area contributed by atoms with Gasteiger partial charge in [-0.2, -0.15) is 0 Å². The van der Waals surface area contributed by atoms with E-state index in [1.807, 2.05) is 13.0 Å². The Bertz CT molecular complexity index is 440. The van der Waals surface area contributed by atoms with Crippen LogP contribution in [0.4, 0.5) is 0 Å². The smallest absolute Gasteiger partial charge is 0.124 e. The zero-order chi connectivity index (χ0) is 14.0. The molecule has 1 aromatic carbocycles. The van der Waals surface area contributed by atoms with Gasteiger partial charge in [-0.15, -0.1) is 0 Å². The molecular formula is C16H25NO2. The van der Waals surface area contributed by atoms with Gasteiger partial charge in [0, 0.05) is 11.6 Å². The van der Waals surface area contributed by atoms with Crippen molar-refractivity contribution in [1.82, 2.24) is 0 Å². The molecule has 0 aromatic heterocycles. The van der Waals surface area contributed by atoms with Crippen LogP contribution in [0.1, 0.15) is 50.8 Å². The lowest BCUT2D eigenvalue weighted by Gasteiger charge is -2.20. The van der Waals surface area contributed by atoms with Crippen LogP contribution in [0.5, 0.6) is 5.75 Å². The maximum atomic E-state index is 6.00. The molecule has 0 amide bonds. The SMILES string of the molecule is Cc1ccc(OCC2CCC(C)(C)O2)c([C@H](C)N)c1. The number of aryl methyl sites for hydroxylation is 1. The summed E-state index contributed by atoms with van der Waals surface area (Å²) in [6.45, 7) is 8.92. The molecule has 1 unspecified atom stereocenters. The van der Waals surface area contributed by atoms with Crippen LogP contribution in [0.25, 0.3) is 0 Å². The Labute approximate surface area is 116 Å². The van der Waals surface area contributed by atoms with Crippen LogP contribution in [0.2, 0.25) is 0 Å².